The van der Waals surface area contributed by atoms with Crippen molar-refractivity contribution in [3.8, 4) is 11.5 Å². The van der Waals surface area contributed by atoms with Gasteiger partial charge < -0.3 is 23.4 Å². The maximum Gasteiger partial charge on any atom is 0.410 e. The quantitative estimate of drug-likeness (QED) is 0.0914. The highest BCUT2D eigenvalue weighted by Gasteiger charge is 2.46. The second-order valence-electron chi connectivity index (χ2n) is 13.4. The Morgan fingerprint density at radius 2 is 1.47 bits per heavy atom. The molecule has 254 valence electrons. The molecule has 3 aromatic carbocycles. The van der Waals surface area contributed by atoms with Gasteiger partial charge in [0.15, 0.2) is 25.9 Å². The molecule has 9 heteroatoms. The molecule has 0 N–H and O–H groups in total. The minimum atomic E-state index is -2.55. The second kappa shape index (κ2) is 16.2. The molecular formula is C38H51NO7Si. The Labute approximate surface area is 281 Å². The van der Waals surface area contributed by atoms with Gasteiger partial charge in [0.05, 0.1) is 7.11 Å². The Morgan fingerprint density at radius 1 is 0.894 bits per heavy atom. The molecule has 0 aliphatic heterocycles. The van der Waals surface area contributed by atoms with E-state index in [9.17, 15) is 9.59 Å². The zero-order chi connectivity index (χ0) is 34.8. The van der Waals surface area contributed by atoms with Crippen molar-refractivity contribution in [2.24, 2.45) is 0 Å². The molecule has 0 saturated carbocycles. The van der Waals surface area contributed by atoms with Crippen LogP contribution in [0.2, 0.25) is 18.1 Å². The van der Waals surface area contributed by atoms with Crippen LogP contribution in [-0.2, 0) is 31.9 Å². The van der Waals surface area contributed by atoms with Crippen LogP contribution in [-0.4, -0.2) is 51.1 Å². The molecule has 0 heterocycles. The summed E-state index contributed by atoms with van der Waals surface area (Å²) < 4.78 is 30.7. The first-order chi connectivity index (χ1) is 22.1. The molecule has 0 aromatic heterocycles. The molecule has 8 nitrogen and oxygen atoms in total. The van der Waals surface area contributed by atoms with Gasteiger partial charge >= 0.3 is 12.1 Å². The van der Waals surface area contributed by atoms with E-state index in [0.29, 0.717) is 30.1 Å². The molecule has 1 amide bonds. The third-order valence-electron chi connectivity index (χ3n) is 8.88. The number of methoxy groups -OCH3 is 1. The van der Waals surface area contributed by atoms with Crippen LogP contribution in [0.15, 0.2) is 91.5 Å². The molecule has 47 heavy (non-hydrogen) atoms. The zero-order valence-electron chi connectivity index (χ0n) is 29.4. The van der Waals surface area contributed by atoms with Crippen molar-refractivity contribution in [3.05, 3.63) is 108 Å². The van der Waals surface area contributed by atoms with Crippen molar-refractivity contribution in [2.45, 2.75) is 90.1 Å². The molecule has 0 aliphatic carbocycles. The van der Waals surface area contributed by atoms with Crippen LogP contribution in [0.4, 0.5) is 4.79 Å². The molecule has 0 saturated heterocycles. The SMILES string of the molecule is C=CC(C)(CC)Oc1cc([C@@H](O[Si](C)(C)C(C)(C)C)[C@H](C(=O)OC)N(C)C(=O)OCc2ccccc2)ccc1OCc1ccccc1. The largest absolute Gasteiger partial charge is 0.485 e. The van der Waals surface area contributed by atoms with E-state index in [2.05, 4.69) is 40.4 Å². The van der Waals surface area contributed by atoms with Crippen LogP contribution in [0.5, 0.6) is 11.5 Å². The zero-order valence-corrected chi connectivity index (χ0v) is 30.4. The van der Waals surface area contributed by atoms with E-state index >= 15 is 0 Å². The summed E-state index contributed by atoms with van der Waals surface area (Å²) in [6.07, 6.45) is 0.819. The molecule has 0 aliphatic rings. The number of benzene rings is 3. The first kappa shape index (κ1) is 37.4. The van der Waals surface area contributed by atoms with Gasteiger partial charge in [-0.3, -0.25) is 4.90 Å². The summed E-state index contributed by atoms with van der Waals surface area (Å²) in [4.78, 5) is 28.3. The monoisotopic (exact) mass is 661 g/mol. The first-order valence-corrected chi connectivity index (χ1v) is 18.9. The van der Waals surface area contributed by atoms with Crippen LogP contribution in [0.3, 0.4) is 0 Å². The highest BCUT2D eigenvalue weighted by molar-refractivity contribution is 6.74. The van der Waals surface area contributed by atoms with Gasteiger partial charge in [-0.1, -0.05) is 101 Å². The van der Waals surface area contributed by atoms with Crippen molar-refractivity contribution < 1.29 is 33.0 Å². The summed E-state index contributed by atoms with van der Waals surface area (Å²) in [7, 11) is 0.275. The van der Waals surface area contributed by atoms with Crippen molar-refractivity contribution in [1.29, 1.82) is 0 Å². The molecule has 1 unspecified atom stereocenters. The summed E-state index contributed by atoms with van der Waals surface area (Å²) in [5.74, 6) is 0.351. The van der Waals surface area contributed by atoms with Gasteiger partial charge in [0.1, 0.15) is 24.9 Å². The average molecular weight is 662 g/mol. The van der Waals surface area contributed by atoms with Gasteiger partial charge in [0.25, 0.3) is 0 Å². The molecule has 0 fully saturated rings. The molecule has 0 bridgehead atoms. The molecule has 3 atom stereocenters. The van der Waals surface area contributed by atoms with E-state index in [1.54, 1.807) is 6.08 Å². The van der Waals surface area contributed by atoms with Crippen LogP contribution in [0.25, 0.3) is 0 Å². The van der Waals surface area contributed by atoms with Gasteiger partial charge in [-0.15, -0.1) is 0 Å². The van der Waals surface area contributed by atoms with Gasteiger partial charge in [0.2, 0.25) is 0 Å². The van der Waals surface area contributed by atoms with Crippen LogP contribution < -0.4 is 9.47 Å². The minimum Gasteiger partial charge on any atom is -0.485 e. The molecule has 0 spiro atoms. The number of rotatable bonds is 15. The summed E-state index contributed by atoms with van der Waals surface area (Å²) in [5, 5.41) is -0.208. The lowest BCUT2D eigenvalue weighted by atomic mass is 10.00. The Hall–Kier alpha value is -4.08. The van der Waals surface area contributed by atoms with Crippen molar-refractivity contribution in [1.82, 2.24) is 4.90 Å². The maximum atomic E-state index is 13.6. The highest BCUT2D eigenvalue weighted by atomic mass is 28.4. The lowest BCUT2D eigenvalue weighted by molar-refractivity contribution is -0.150. The number of carbonyl (C=O) groups excluding carboxylic acids is 2. The number of carbonyl (C=O) groups is 2. The Bertz CT molecular complexity index is 1470. The van der Waals surface area contributed by atoms with Crippen molar-refractivity contribution in [2.75, 3.05) is 14.2 Å². The fourth-order valence-corrected chi connectivity index (χ4v) is 5.75. The van der Waals surface area contributed by atoms with E-state index < -0.39 is 38.1 Å². The normalized spacial score (nSPS) is 14.2. The minimum absolute atomic E-state index is 0.0499. The Balaban J connectivity index is 2.11. The summed E-state index contributed by atoms with van der Waals surface area (Å²) >= 11 is 0. The standard InChI is InChI=1S/C38H51NO7Si/c1-11-38(6,12-2)45-32-25-30(23-24-31(32)43-26-28-19-15-13-16-20-28)34(46-47(9,10)37(3,4)5)33(35(40)42-8)39(7)36(41)44-27-29-21-17-14-18-22-29/h11,13-25,33-34H,1,12,26-27H2,2-10H3/t33-,34-,38?/m1/s1. The molecule has 0 radical (unpaired) electrons. The number of nitrogens with zero attached hydrogens (tertiary/aromatic N) is 1. The predicted octanol–water partition coefficient (Wildman–Crippen LogP) is 8.87. The highest BCUT2D eigenvalue weighted by Crippen LogP contribution is 2.43. The van der Waals surface area contributed by atoms with E-state index in [0.717, 1.165) is 11.1 Å². The third-order valence-corrected chi connectivity index (χ3v) is 13.3. The van der Waals surface area contributed by atoms with Gasteiger partial charge in [0, 0.05) is 7.05 Å². The van der Waals surface area contributed by atoms with Gasteiger partial charge in [-0.2, -0.15) is 0 Å². The van der Waals surface area contributed by atoms with E-state index in [1.807, 2.05) is 92.7 Å². The lowest BCUT2D eigenvalue weighted by Gasteiger charge is -2.42. The van der Waals surface area contributed by atoms with Crippen LogP contribution in [0, 0.1) is 0 Å². The third kappa shape index (κ3) is 9.95. The van der Waals surface area contributed by atoms with E-state index in [4.69, 9.17) is 23.4 Å². The number of hydrogen-bond donors (Lipinski definition) is 0. The van der Waals surface area contributed by atoms with Gasteiger partial charge in [-0.05, 0) is 66.4 Å². The fourth-order valence-electron chi connectivity index (χ4n) is 4.49. The number of likely N-dealkylation sites (N-methyl/N-ethyl adjacent to an activating group) is 1. The summed E-state index contributed by atoms with van der Waals surface area (Å²) in [6.45, 7) is 18.9. The van der Waals surface area contributed by atoms with Gasteiger partial charge in [-0.25, -0.2) is 9.59 Å². The average Bonchev–Trinajstić information content (AvgIpc) is 3.06. The van der Waals surface area contributed by atoms with Crippen LogP contribution >= 0.6 is 0 Å². The summed E-state index contributed by atoms with van der Waals surface area (Å²) in [6, 6.07) is 23.5. The number of hydrogen-bond acceptors (Lipinski definition) is 7. The van der Waals surface area contributed by atoms with E-state index in [-0.39, 0.29) is 11.6 Å². The lowest BCUT2D eigenvalue weighted by Crippen LogP contribution is -2.52. The number of esters is 1. The maximum absolute atomic E-state index is 13.6. The number of ether oxygens (including phenoxy) is 4. The Morgan fingerprint density at radius 3 is 1.98 bits per heavy atom. The Kier molecular flexibility index (Phi) is 12.8. The second-order valence-corrected chi connectivity index (χ2v) is 18.1. The summed E-state index contributed by atoms with van der Waals surface area (Å²) in [5.41, 5.74) is 1.76. The van der Waals surface area contributed by atoms with Crippen LogP contribution in [0.1, 0.15) is 63.8 Å². The predicted molar refractivity (Wildman–Crippen MR) is 188 cm³/mol. The first-order valence-electron chi connectivity index (χ1n) is 16.0. The van der Waals surface area contributed by atoms with Crippen molar-refractivity contribution in [3.63, 3.8) is 0 Å². The van der Waals surface area contributed by atoms with E-state index in [1.165, 1.54) is 19.1 Å². The molecule has 3 rings (SSSR count). The van der Waals surface area contributed by atoms with Crippen molar-refractivity contribution >= 4 is 20.4 Å². The molecular weight excluding hydrogens is 611 g/mol. The topological polar surface area (TPSA) is 83.5 Å². The smallest absolute Gasteiger partial charge is 0.410 e. The fraction of sp³-hybridized carbons (Fsp3) is 0.421. The number of amides is 1. The molecule has 3 aromatic rings.